The van der Waals surface area contributed by atoms with Gasteiger partial charge in [0.05, 0.1) is 0 Å². The largest absolute Gasteiger partial charge is 0.295 e. The quantitative estimate of drug-likeness (QED) is 0.767. The Bertz CT molecular complexity index is 266. The van der Waals surface area contributed by atoms with E-state index >= 15 is 0 Å². The zero-order valence-corrected chi connectivity index (χ0v) is 13.2. The molecule has 0 aromatic heterocycles. The molecule has 2 nitrogen and oxygen atoms in total. The summed E-state index contributed by atoms with van der Waals surface area (Å²) in [5, 5.41) is 0. The number of nitrogens with zero attached hydrogens (tertiary/aromatic N) is 2. The molecular formula is C12H20Br2N2. The van der Waals surface area contributed by atoms with Crippen molar-refractivity contribution in [1.82, 2.24) is 9.80 Å². The molecule has 0 aliphatic carbocycles. The molecule has 16 heavy (non-hydrogen) atoms. The van der Waals surface area contributed by atoms with Crippen LogP contribution in [0.2, 0.25) is 0 Å². The minimum Gasteiger partial charge on any atom is -0.295 e. The van der Waals surface area contributed by atoms with E-state index in [4.69, 9.17) is 0 Å². The van der Waals surface area contributed by atoms with E-state index in [1.165, 1.54) is 0 Å². The number of hydrogen-bond donors (Lipinski definition) is 0. The first-order valence-corrected chi connectivity index (χ1v) is 7.13. The molecule has 4 heteroatoms. The highest BCUT2D eigenvalue weighted by Crippen LogP contribution is 2.19. The zero-order valence-electron chi connectivity index (χ0n) is 10.0. The molecule has 1 aliphatic heterocycles. The number of halogens is 2. The molecule has 0 radical (unpaired) electrons. The van der Waals surface area contributed by atoms with Gasteiger partial charge in [-0.05, 0) is 13.8 Å². The molecule has 1 aliphatic rings. The Morgan fingerprint density at radius 2 is 1.50 bits per heavy atom. The van der Waals surface area contributed by atoms with Gasteiger partial charge in [-0.2, -0.15) is 0 Å². The van der Waals surface area contributed by atoms with Gasteiger partial charge in [0.15, 0.2) is 0 Å². The molecular weight excluding hydrogens is 332 g/mol. The molecule has 0 bridgehead atoms. The standard InChI is InChI=1S/C12H20Br2N2/c1-9(13)5-15-7-11(3)16(6-10(2)14)12(4)8-15/h11-12H,1-2,5-8H2,3-4H3/t11-,12+. The summed E-state index contributed by atoms with van der Waals surface area (Å²) in [5.74, 6) is 0. The van der Waals surface area contributed by atoms with E-state index in [1.54, 1.807) is 0 Å². The SMILES string of the molecule is C=C(Br)CN1C[C@@H](C)N(CC(=C)Br)[C@@H](C)C1. The first kappa shape index (κ1) is 14.4. The van der Waals surface area contributed by atoms with Gasteiger partial charge >= 0.3 is 0 Å². The van der Waals surface area contributed by atoms with Gasteiger partial charge in [0.1, 0.15) is 0 Å². The molecule has 1 heterocycles. The van der Waals surface area contributed by atoms with Gasteiger partial charge in [0, 0.05) is 47.2 Å². The highest BCUT2D eigenvalue weighted by molar-refractivity contribution is 9.12. The molecule has 0 N–H and O–H groups in total. The lowest BCUT2D eigenvalue weighted by molar-refractivity contribution is 0.0540. The van der Waals surface area contributed by atoms with Crippen molar-refractivity contribution in [3.63, 3.8) is 0 Å². The fourth-order valence-electron chi connectivity index (χ4n) is 2.35. The predicted molar refractivity (Wildman–Crippen MR) is 78.2 cm³/mol. The summed E-state index contributed by atoms with van der Waals surface area (Å²) in [5.41, 5.74) is 0. The normalized spacial score (nSPS) is 28.0. The molecule has 0 amide bonds. The molecule has 1 saturated heterocycles. The highest BCUT2D eigenvalue weighted by Gasteiger charge is 2.29. The maximum Gasteiger partial charge on any atom is 0.0300 e. The first-order chi connectivity index (χ1) is 7.40. The summed E-state index contributed by atoms with van der Waals surface area (Å²) in [6, 6.07) is 1.12. The van der Waals surface area contributed by atoms with Gasteiger partial charge < -0.3 is 0 Å². The van der Waals surface area contributed by atoms with Crippen molar-refractivity contribution in [2.75, 3.05) is 26.2 Å². The summed E-state index contributed by atoms with van der Waals surface area (Å²) >= 11 is 6.88. The first-order valence-electron chi connectivity index (χ1n) is 5.54. The molecule has 0 spiro atoms. The van der Waals surface area contributed by atoms with E-state index in [-0.39, 0.29) is 0 Å². The summed E-state index contributed by atoms with van der Waals surface area (Å²) < 4.78 is 2.12. The fourth-order valence-corrected chi connectivity index (χ4v) is 2.99. The van der Waals surface area contributed by atoms with Crippen molar-refractivity contribution < 1.29 is 0 Å². The Labute approximate surface area is 116 Å². The lowest BCUT2D eigenvalue weighted by Gasteiger charge is -2.44. The maximum atomic E-state index is 3.93. The van der Waals surface area contributed by atoms with Crippen LogP contribution in [0.1, 0.15) is 13.8 Å². The summed E-state index contributed by atoms with van der Waals surface area (Å²) in [6.07, 6.45) is 0. The molecule has 0 aromatic carbocycles. The van der Waals surface area contributed by atoms with Gasteiger partial charge in [-0.3, -0.25) is 9.80 Å². The molecule has 1 rings (SSSR count). The van der Waals surface area contributed by atoms with E-state index in [2.05, 4.69) is 68.7 Å². The minimum absolute atomic E-state index is 0.560. The highest BCUT2D eigenvalue weighted by atomic mass is 79.9. The van der Waals surface area contributed by atoms with E-state index in [1.807, 2.05) is 0 Å². The van der Waals surface area contributed by atoms with Gasteiger partial charge in [0.2, 0.25) is 0 Å². The summed E-state index contributed by atoms with van der Waals surface area (Å²) in [7, 11) is 0. The van der Waals surface area contributed by atoms with Crippen molar-refractivity contribution >= 4 is 31.9 Å². The minimum atomic E-state index is 0.560. The summed E-state index contributed by atoms with van der Waals surface area (Å²) in [4.78, 5) is 4.94. The monoisotopic (exact) mass is 350 g/mol. The second-order valence-corrected chi connectivity index (χ2v) is 6.84. The zero-order chi connectivity index (χ0) is 12.3. The van der Waals surface area contributed by atoms with Gasteiger partial charge in [-0.1, -0.05) is 45.0 Å². The second kappa shape index (κ2) is 6.34. The van der Waals surface area contributed by atoms with Crippen LogP contribution in [-0.2, 0) is 0 Å². The van der Waals surface area contributed by atoms with Crippen molar-refractivity contribution in [2.24, 2.45) is 0 Å². The van der Waals surface area contributed by atoms with Crippen LogP contribution in [0.15, 0.2) is 22.1 Å². The summed E-state index contributed by atoms with van der Waals surface area (Å²) in [6.45, 7) is 16.4. The van der Waals surface area contributed by atoms with E-state index < -0.39 is 0 Å². The van der Waals surface area contributed by atoms with E-state index in [0.717, 1.165) is 35.1 Å². The van der Waals surface area contributed by atoms with Gasteiger partial charge in [0.25, 0.3) is 0 Å². The van der Waals surface area contributed by atoms with Crippen molar-refractivity contribution in [2.45, 2.75) is 25.9 Å². The molecule has 2 atom stereocenters. The van der Waals surface area contributed by atoms with Crippen molar-refractivity contribution in [3.8, 4) is 0 Å². The Hall–Kier alpha value is 0.360. The Morgan fingerprint density at radius 1 is 1.06 bits per heavy atom. The van der Waals surface area contributed by atoms with Crippen LogP contribution in [0.3, 0.4) is 0 Å². The number of piperazine rings is 1. The third-order valence-electron chi connectivity index (χ3n) is 2.93. The predicted octanol–water partition coefficient (Wildman–Crippen LogP) is 3.20. The lowest BCUT2D eigenvalue weighted by Crippen LogP contribution is -2.56. The average molecular weight is 352 g/mol. The second-order valence-electron chi connectivity index (χ2n) is 4.60. The molecule has 92 valence electrons. The number of rotatable bonds is 4. The third-order valence-corrected chi connectivity index (χ3v) is 3.43. The third kappa shape index (κ3) is 4.32. The van der Waals surface area contributed by atoms with Crippen LogP contribution < -0.4 is 0 Å². The molecule has 0 saturated carbocycles. The van der Waals surface area contributed by atoms with Gasteiger partial charge in [-0.25, -0.2) is 0 Å². The van der Waals surface area contributed by atoms with Crippen molar-refractivity contribution in [3.05, 3.63) is 22.1 Å². The van der Waals surface area contributed by atoms with Crippen LogP contribution in [0.5, 0.6) is 0 Å². The van der Waals surface area contributed by atoms with Crippen LogP contribution in [0, 0.1) is 0 Å². The Kier molecular flexibility index (Phi) is 5.71. The Balaban J connectivity index is 2.56. The lowest BCUT2D eigenvalue weighted by atomic mass is 10.1. The molecule has 0 aromatic rings. The smallest absolute Gasteiger partial charge is 0.0300 e. The van der Waals surface area contributed by atoms with Crippen LogP contribution in [-0.4, -0.2) is 48.1 Å². The fraction of sp³-hybridized carbons (Fsp3) is 0.667. The molecule has 1 fully saturated rings. The van der Waals surface area contributed by atoms with Gasteiger partial charge in [-0.15, -0.1) is 0 Å². The van der Waals surface area contributed by atoms with E-state index in [0.29, 0.717) is 12.1 Å². The average Bonchev–Trinajstić information content (AvgIpc) is 2.10. The topological polar surface area (TPSA) is 6.48 Å². The Morgan fingerprint density at radius 3 is 1.88 bits per heavy atom. The van der Waals surface area contributed by atoms with Crippen LogP contribution in [0.25, 0.3) is 0 Å². The molecule has 0 unspecified atom stereocenters. The maximum absolute atomic E-state index is 3.93. The van der Waals surface area contributed by atoms with E-state index in [9.17, 15) is 0 Å². The van der Waals surface area contributed by atoms with Crippen molar-refractivity contribution in [1.29, 1.82) is 0 Å². The van der Waals surface area contributed by atoms with Crippen LogP contribution in [0.4, 0.5) is 0 Å². The van der Waals surface area contributed by atoms with Crippen LogP contribution >= 0.6 is 31.9 Å². The number of hydrogen-bond acceptors (Lipinski definition) is 2.